The molecule has 0 aliphatic carbocycles. The van der Waals surface area contributed by atoms with Gasteiger partial charge >= 0.3 is 0 Å². The first-order valence-electron chi connectivity index (χ1n) is 8.22. The van der Waals surface area contributed by atoms with Crippen LogP contribution in [0.2, 0.25) is 5.02 Å². The minimum atomic E-state index is -0.432. The van der Waals surface area contributed by atoms with Gasteiger partial charge in [-0.2, -0.15) is 0 Å². The number of piperidine rings is 1. The molecule has 1 aromatic rings. The standard InChI is InChI=1S/C18H25ClN2O2.ClH/c1-12(2)11-16(20)18(23)21-9-7-14(8-10-21)17(22)13-3-5-15(19)6-4-13;/h3-6,12,14,16H,7-11,20H2,1-2H3;1H/t16-;/m0./s1. The molecule has 1 aliphatic heterocycles. The predicted molar refractivity (Wildman–Crippen MR) is 99.8 cm³/mol. The van der Waals surface area contributed by atoms with E-state index >= 15 is 0 Å². The quantitative estimate of drug-likeness (QED) is 0.803. The van der Waals surface area contributed by atoms with E-state index in [4.69, 9.17) is 17.3 Å². The predicted octanol–water partition coefficient (Wildman–Crippen LogP) is 3.56. The van der Waals surface area contributed by atoms with Crippen LogP contribution in [-0.2, 0) is 4.79 Å². The molecule has 4 nitrogen and oxygen atoms in total. The van der Waals surface area contributed by atoms with Crippen LogP contribution in [0.3, 0.4) is 0 Å². The summed E-state index contributed by atoms with van der Waals surface area (Å²) >= 11 is 5.85. The fraction of sp³-hybridized carbons (Fsp3) is 0.556. The average molecular weight is 373 g/mol. The summed E-state index contributed by atoms with van der Waals surface area (Å²) in [5.74, 6) is 0.524. The molecule has 24 heavy (non-hydrogen) atoms. The smallest absolute Gasteiger partial charge is 0.239 e. The van der Waals surface area contributed by atoms with Crippen molar-refractivity contribution in [1.29, 1.82) is 0 Å². The van der Waals surface area contributed by atoms with Gasteiger partial charge in [-0.05, 0) is 49.4 Å². The number of rotatable bonds is 5. The van der Waals surface area contributed by atoms with E-state index in [1.54, 1.807) is 29.2 Å². The Kier molecular flexibility index (Phi) is 8.20. The van der Waals surface area contributed by atoms with Gasteiger partial charge in [-0.15, -0.1) is 12.4 Å². The number of hydrogen-bond donors (Lipinski definition) is 1. The van der Waals surface area contributed by atoms with E-state index in [0.717, 1.165) is 0 Å². The Morgan fingerprint density at radius 2 is 1.75 bits per heavy atom. The van der Waals surface area contributed by atoms with Gasteiger partial charge in [-0.1, -0.05) is 25.4 Å². The number of benzene rings is 1. The van der Waals surface area contributed by atoms with Crippen LogP contribution in [0.1, 0.15) is 43.5 Å². The SMILES string of the molecule is CC(C)C[C@H](N)C(=O)N1CCC(C(=O)c2ccc(Cl)cc2)CC1.Cl. The van der Waals surface area contributed by atoms with Crippen LogP contribution < -0.4 is 5.73 Å². The van der Waals surface area contributed by atoms with Crippen molar-refractivity contribution in [2.24, 2.45) is 17.6 Å². The third-order valence-corrected chi connectivity index (χ3v) is 4.60. The Morgan fingerprint density at radius 3 is 2.25 bits per heavy atom. The minimum Gasteiger partial charge on any atom is -0.341 e. The Morgan fingerprint density at radius 1 is 1.21 bits per heavy atom. The number of carbonyl (C=O) groups is 2. The van der Waals surface area contributed by atoms with E-state index in [1.165, 1.54) is 0 Å². The Labute approximate surface area is 155 Å². The molecule has 2 rings (SSSR count). The maximum Gasteiger partial charge on any atom is 0.239 e. The van der Waals surface area contributed by atoms with Gasteiger partial charge in [0.2, 0.25) is 5.91 Å². The minimum absolute atomic E-state index is 0. The third-order valence-electron chi connectivity index (χ3n) is 4.35. The number of nitrogens with zero attached hydrogens (tertiary/aromatic N) is 1. The van der Waals surface area contributed by atoms with Gasteiger partial charge in [-0.25, -0.2) is 0 Å². The zero-order chi connectivity index (χ0) is 17.0. The van der Waals surface area contributed by atoms with Gasteiger partial charge in [0.15, 0.2) is 5.78 Å². The summed E-state index contributed by atoms with van der Waals surface area (Å²) in [6.45, 7) is 5.33. The molecule has 0 unspecified atom stereocenters. The lowest BCUT2D eigenvalue weighted by Crippen LogP contribution is -2.48. The highest BCUT2D eigenvalue weighted by atomic mass is 35.5. The molecule has 1 heterocycles. The van der Waals surface area contributed by atoms with Gasteiger partial charge in [0.1, 0.15) is 0 Å². The van der Waals surface area contributed by atoms with Gasteiger partial charge in [0.25, 0.3) is 0 Å². The largest absolute Gasteiger partial charge is 0.341 e. The fourth-order valence-electron chi connectivity index (χ4n) is 3.06. The van der Waals surface area contributed by atoms with Gasteiger partial charge in [0.05, 0.1) is 6.04 Å². The highest BCUT2D eigenvalue weighted by molar-refractivity contribution is 6.30. The van der Waals surface area contributed by atoms with Crippen molar-refractivity contribution in [3.63, 3.8) is 0 Å². The van der Waals surface area contributed by atoms with Crippen LogP contribution in [0.4, 0.5) is 0 Å². The summed E-state index contributed by atoms with van der Waals surface area (Å²) in [7, 11) is 0. The zero-order valence-corrected chi connectivity index (χ0v) is 15.8. The summed E-state index contributed by atoms with van der Waals surface area (Å²) in [6, 6.07) is 6.57. The zero-order valence-electron chi connectivity index (χ0n) is 14.2. The summed E-state index contributed by atoms with van der Waals surface area (Å²) in [6.07, 6.45) is 2.09. The van der Waals surface area contributed by atoms with E-state index in [2.05, 4.69) is 13.8 Å². The van der Waals surface area contributed by atoms with Gasteiger partial charge in [0, 0.05) is 29.6 Å². The van der Waals surface area contributed by atoms with Crippen LogP contribution in [0, 0.1) is 11.8 Å². The van der Waals surface area contributed by atoms with Crippen LogP contribution >= 0.6 is 24.0 Å². The second-order valence-corrected chi connectivity index (χ2v) is 7.14. The number of nitrogens with two attached hydrogens (primary N) is 1. The lowest BCUT2D eigenvalue weighted by Gasteiger charge is -2.33. The first-order valence-corrected chi connectivity index (χ1v) is 8.60. The molecular formula is C18H26Cl2N2O2. The van der Waals surface area contributed by atoms with Crippen LogP contribution in [0.15, 0.2) is 24.3 Å². The monoisotopic (exact) mass is 372 g/mol. The van der Waals surface area contributed by atoms with Crippen LogP contribution in [0.5, 0.6) is 0 Å². The second-order valence-electron chi connectivity index (χ2n) is 6.71. The fourth-order valence-corrected chi connectivity index (χ4v) is 3.18. The maximum absolute atomic E-state index is 12.5. The molecule has 2 N–H and O–H groups in total. The van der Waals surface area contributed by atoms with Crippen LogP contribution in [0.25, 0.3) is 0 Å². The molecule has 1 amide bonds. The lowest BCUT2D eigenvalue weighted by atomic mass is 9.88. The molecule has 6 heteroatoms. The summed E-state index contributed by atoms with van der Waals surface area (Å²) in [4.78, 5) is 26.6. The molecule has 0 bridgehead atoms. The van der Waals surface area contributed by atoms with Crippen molar-refractivity contribution < 1.29 is 9.59 Å². The highest BCUT2D eigenvalue weighted by Crippen LogP contribution is 2.23. The number of Topliss-reactive ketones (excluding diaryl/α,β-unsaturated/α-hetero) is 1. The Balaban J connectivity index is 0.00000288. The van der Waals surface area contributed by atoms with Crippen molar-refractivity contribution in [3.05, 3.63) is 34.9 Å². The average Bonchev–Trinajstić information content (AvgIpc) is 2.53. The first kappa shape index (κ1) is 20.9. The van der Waals surface area contributed by atoms with Crippen molar-refractivity contribution in [2.75, 3.05) is 13.1 Å². The molecular weight excluding hydrogens is 347 g/mol. The van der Waals surface area contributed by atoms with E-state index in [1.807, 2.05) is 0 Å². The molecule has 0 radical (unpaired) electrons. The van der Waals surface area contributed by atoms with Crippen LogP contribution in [-0.4, -0.2) is 35.7 Å². The number of halogens is 2. The summed E-state index contributed by atoms with van der Waals surface area (Å²) < 4.78 is 0. The lowest BCUT2D eigenvalue weighted by molar-refractivity contribution is -0.134. The number of likely N-dealkylation sites (tertiary alicyclic amines) is 1. The molecule has 0 saturated carbocycles. The van der Waals surface area contributed by atoms with E-state index < -0.39 is 6.04 Å². The topological polar surface area (TPSA) is 63.4 Å². The highest BCUT2D eigenvalue weighted by Gasteiger charge is 2.30. The molecule has 1 aromatic carbocycles. The molecule has 1 fully saturated rings. The number of amides is 1. The van der Waals surface area contributed by atoms with Gasteiger partial charge < -0.3 is 10.6 Å². The Bertz CT molecular complexity index is 553. The normalized spacial score (nSPS) is 16.6. The number of hydrogen-bond acceptors (Lipinski definition) is 3. The van der Waals surface area contributed by atoms with Crippen molar-refractivity contribution in [2.45, 2.75) is 39.2 Å². The third kappa shape index (κ3) is 5.47. The maximum atomic E-state index is 12.5. The number of carbonyl (C=O) groups excluding carboxylic acids is 2. The van der Waals surface area contributed by atoms with E-state index in [0.29, 0.717) is 48.9 Å². The molecule has 0 aromatic heterocycles. The molecule has 1 atom stereocenters. The summed E-state index contributed by atoms with van der Waals surface area (Å²) in [5, 5.41) is 0.626. The summed E-state index contributed by atoms with van der Waals surface area (Å²) in [5.41, 5.74) is 6.67. The molecule has 1 aliphatic rings. The molecule has 1 saturated heterocycles. The Hall–Kier alpha value is -1.10. The van der Waals surface area contributed by atoms with Crippen molar-refractivity contribution in [1.82, 2.24) is 4.90 Å². The van der Waals surface area contributed by atoms with E-state index in [9.17, 15) is 9.59 Å². The molecule has 0 spiro atoms. The molecule has 134 valence electrons. The first-order chi connectivity index (χ1) is 10.9. The van der Waals surface area contributed by atoms with Crippen molar-refractivity contribution >= 4 is 35.7 Å². The number of ketones is 1. The van der Waals surface area contributed by atoms with E-state index in [-0.39, 0.29) is 30.0 Å². The van der Waals surface area contributed by atoms with Gasteiger partial charge in [-0.3, -0.25) is 9.59 Å². The van der Waals surface area contributed by atoms with Crippen molar-refractivity contribution in [3.8, 4) is 0 Å². The second kappa shape index (κ2) is 9.40.